The van der Waals surface area contributed by atoms with Gasteiger partial charge in [0.1, 0.15) is 0 Å². The van der Waals surface area contributed by atoms with E-state index in [4.69, 9.17) is 10.00 Å². The molecule has 0 bridgehead atoms. The van der Waals surface area contributed by atoms with Gasteiger partial charge in [-0.05, 0) is 49.6 Å². The first-order chi connectivity index (χ1) is 6.19. The minimum atomic E-state index is -0.496. The lowest BCUT2D eigenvalue weighted by molar-refractivity contribution is 0.148. The minimum absolute atomic E-state index is 0.496. The van der Waals surface area contributed by atoms with Crippen molar-refractivity contribution in [1.29, 1.82) is 5.26 Å². The fourth-order valence-electron chi connectivity index (χ4n) is 0.939. The molecule has 0 fully saturated rings. The second-order valence-electron chi connectivity index (χ2n) is 2.42. The van der Waals surface area contributed by atoms with E-state index in [1.165, 1.54) is 7.11 Å². The van der Waals surface area contributed by atoms with Gasteiger partial charge in [0.15, 0.2) is 6.10 Å². The van der Waals surface area contributed by atoms with Gasteiger partial charge in [-0.15, -0.1) is 0 Å². The summed E-state index contributed by atoms with van der Waals surface area (Å²) in [5.41, 5.74) is 0.847. The van der Waals surface area contributed by atoms with Crippen molar-refractivity contribution in [2.75, 3.05) is 7.11 Å². The Labute approximate surface area is 93.8 Å². The Morgan fingerprint density at radius 3 is 2.54 bits per heavy atom. The summed E-state index contributed by atoms with van der Waals surface area (Å²) in [4.78, 5) is 0. The molecule has 1 unspecified atom stereocenters. The van der Waals surface area contributed by atoms with Crippen LogP contribution >= 0.6 is 31.9 Å². The number of ether oxygens (including phenoxy) is 1. The fraction of sp³-hybridized carbons (Fsp3) is 0.222. The molecule has 0 amide bonds. The average molecular weight is 305 g/mol. The summed E-state index contributed by atoms with van der Waals surface area (Å²) in [7, 11) is 1.52. The highest BCUT2D eigenvalue weighted by atomic mass is 79.9. The van der Waals surface area contributed by atoms with Crippen LogP contribution in [0.4, 0.5) is 0 Å². The van der Waals surface area contributed by atoms with Gasteiger partial charge in [-0.1, -0.05) is 6.07 Å². The molecule has 0 aliphatic heterocycles. The summed E-state index contributed by atoms with van der Waals surface area (Å²) < 4.78 is 6.86. The van der Waals surface area contributed by atoms with Crippen LogP contribution in [0.15, 0.2) is 27.1 Å². The molecule has 68 valence electrons. The molecule has 13 heavy (non-hydrogen) atoms. The van der Waals surface area contributed by atoms with Crippen molar-refractivity contribution in [1.82, 2.24) is 0 Å². The van der Waals surface area contributed by atoms with Gasteiger partial charge in [0.25, 0.3) is 0 Å². The van der Waals surface area contributed by atoms with Crippen LogP contribution < -0.4 is 0 Å². The van der Waals surface area contributed by atoms with Crippen LogP contribution in [-0.2, 0) is 4.74 Å². The number of nitriles is 1. The van der Waals surface area contributed by atoms with Crippen LogP contribution in [0, 0.1) is 11.3 Å². The van der Waals surface area contributed by atoms with Gasteiger partial charge in [0.05, 0.1) is 6.07 Å². The maximum absolute atomic E-state index is 8.74. The molecule has 0 saturated heterocycles. The SMILES string of the molecule is COC(C#N)c1ccc(Br)c(Br)c1. The highest BCUT2D eigenvalue weighted by molar-refractivity contribution is 9.13. The zero-order valence-electron chi connectivity index (χ0n) is 6.92. The zero-order valence-corrected chi connectivity index (χ0v) is 10.1. The number of hydrogen-bond acceptors (Lipinski definition) is 2. The lowest BCUT2D eigenvalue weighted by Gasteiger charge is -2.07. The molecule has 2 nitrogen and oxygen atoms in total. The fourth-order valence-corrected chi connectivity index (χ4v) is 1.58. The number of hydrogen-bond donors (Lipinski definition) is 0. The van der Waals surface area contributed by atoms with E-state index in [0.29, 0.717) is 0 Å². The lowest BCUT2D eigenvalue weighted by atomic mass is 10.1. The number of halogens is 2. The van der Waals surface area contributed by atoms with Crippen molar-refractivity contribution >= 4 is 31.9 Å². The third kappa shape index (κ3) is 2.53. The summed E-state index contributed by atoms with van der Waals surface area (Å²) in [6, 6.07) is 7.65. The molecule has 1 atom stereocenters. The number of rotatable bonds is 2. The summed E-state index contributed by atoms with van der Waals surface area (Å²) in [5, 5.41) is 8.74. The molecule has 1 aromatic rings. The normalized spacial score (nSPS) is 12.2. The molecule has 0 N–H and O–H groups in total. The Hall–Kier alpha value is -0.370. The average Bonchev–Trinajstić information content (AvgIpc) is 2.13. The molecule has 0 radical (unpaired) electrons. The standard InChI is InChI=1S/C9H7Br2NO/c1-13-9(5-12)6-2-3-7(10)8(11)4-6/h2-4,9H,1H3. The van der Waals surface area contributed by atoms with Crippen LogP contribution in [0.25, 0.3) is 0 Å². The van der Waals surface area contributed by atoms with Crippen LogP contribution in [0.5, 0.6) is 0 Å². The van der Waals surface area contributed by atoms with Gasteiger partial charge in [-0.3, -0.25) is 0 Å². The van der Waals surface area contributed by atoms with E-state index < -0.39 is 6.10 Å². The van der Waals surface area contributed by atoms with E-state index in [-0.39, 0.29) is 0 Å². The second kappa shape index (κ2) is 4.75. The predicted octanol–water partition coefficient (Wildman–Crippen LogP) is 3.42. The molecule has 0 heterocycles. The highest BCUT2D eigenvalue weighted by Crippen LogP contribution is 2.27. The molecule has 1 rings (SSSR count). The molecular weight excluding hydrogens is 298 g/mol. The summed E-state index contributed by atoms with van der Waals surface area (Å²) in [5.74, 6) is 0. The smallest absolute Gasteiger partial charge is 0.168 e. The van der Waals surface area contributed by atoms with E-state index in [1.807, 2.05) is 18.2 Å². The molecule has 0 aliphatic carbocycles. The van der Waals surface area contributed by atoms with E-state index in [0.717, 1.165) is 14.5 Å². The number of nitrogens with zero attached hydrogens (tertiary/aromatic N) is 1. The van der Waals surface area contributed by atoms with E-state index in [1.54, 1.807) is 0 Å². The Morgan fingerprint density at radius 2 is 2.08 bits per heavy atom. The monoisotopic (exact) mass is 303 g/mol. The van der Waals surface area contributed by atoms with Gasteiger partial charge in [-0.25, -0.2) is 0 Å². The molecule has 0 saturated carbocycles. The third-order valence-electron chi connectivity index (χ3n) is 1.60. The summed E-state index contributed by atoms with van der Waals surface area (Å²) in [6.07, 6.45) is -0.496. The number of methoxy groups -OCH3 is 1. The first kappa shape index (κ1) is 10.7. The van der Waals surface area contributed by atoms with Crippen molar-refractivity contribution in [3.05, 3.63) is 32.7 Å². The zero-order chi connectivity index (χ0) is 9.84. The lowest BCUT2D eigenvalue weighted by Crippen LogP contribution is -1.97. The van der Waals surface area contributed by atoms with Crippen LogP contribution in [0.1, 0.15) is 11.7 Å². The Balaban J connectivity index is 3.04. The van der Waals surface area contributed by atoms with Crippen molar-refractivity contribution in [2.45, 2.75) is 6.10 Å². The molecule has 0 spiro atoms. The Bertz CT molecular complexity index is 346. The van der Waals surface area contributed by atoms with Crippen molar-refractivity contribution < 1.29 is 4.74 Å². The molecule has 4 heteroatoms. The minimum Gasteiger partial charge on any atom is -0.362 e. The summed E-state index contributed by atoms with van der Waals surface area (Å²) >= 11 is 6.71. The van der Waals surface area contributed by atoms with Crippen LogP contribution in [0.3, 0.4) is 0 Å². The maximum atomic E-state index is 8.74. The van der Waals surface area contributed by atoms with Gasteiger partial charge in [0.2, 0.25) is 0 Å². The first-order valence-corrected chi connectivity index (χ1v) is 5.15. The van der Waals surface area contributed by atoms with Crippen molar-refractivity contribution in [2.24, 2.45) is 0 Å². The van der Waals surface area contributed by atoms with Gasteiger partial charge in [0, 0.05) is 16.1 Å². The molecule has 0 aromatic heterocycles. The Morgan fingerprint density at radius 1 is 1.38 bits per heavy atom. The van der Waals surface area contributed by atoms with E-state index in [9.17, 15) is 0 Å². The number of benzene rings is 1. The van der Waals surface area contributed by atoms with E-state index in [2.05, 4.69) is 37.9 Å². The molecular formula is C9H7Br2NO. The Kier molecular flexibility index (Phi) is 3.91. The largest absolute Gasteiger partial charge is 0.362 e. The van der Waals surface area contributed by atoms with Gasteiger partial charge in [-0.2, -0.15) is 5.26 Å². The predicted molar refractivity (Wildman–Crippen MR) is 57.2 cm³/mol. The highest BCUT2D eigenvalue weighted by Gasteiger charge is 2.09. The van der Waals surface area contributed by atoms with Crippen LogP contribution in [0.2, 0.25) is 0 Å². The quantitative estimate of drug-likeness (QED) is 0.838. The van der Waals surface area contributed by atoms with Crippen LogP contribution in [-0.4, -0.2) is 7.11 Å². The topological polar surface area (TPSA) is 33.0 Å². The third-order valence-corrected chi connectivity index (χ3v) is 3.48. The first-order valence-electron chi connectivity index (χ1n) is 3.56. The second-order valence-corrected chi connectivity index (χ2v) is 4.13. The van der Waals surface area contributed by atoms with Crippen molar-refractivity contribution in [3.8, 4) is 6.07 Å². The van der Waals surface area contributed by atoms with E-state index >= 15 is 0 Å². The molecule has 0 aliphatic rings. The summed E-state index contributed by atoms with van der Waals surface area (Å²) in [6.45, 7) is 0. The van der Waals surface area contributed by atoms with Gasteiger partial charge >= 0.3 is 0 Å². The molecule has 1 aromatic carbocycles. The van der Waals surface area contributed by atoms with Gasteiger partial charge < -0.3 is 4.74 Å². The maximum Gasteiger partial charge on any atom is 0.168 e. The van der Waals surface area contributed by atoms with Crippen molar-refractivity contribution in [3.63, 3.8) is 0 Å².